The van der Waals surface area contributed by atoms with Gasteiger partial charge in [-0.25, -0.2) is 9.97 Å². The average Bonchev–Trinajstić information content (AvgIpc) is 2.82. The van der Waals surface area contributed by atoms with Crippen LogP contribution in [0.15, 0.2) is 12.4 Å². The Hall–Kier alpha value is -1.36. The number of hydrogen-bond donors (Lipinski definition) is 2. The molecule has 5 heteroatoms. The first kappa shape index (κ1) is 13.1. The molecule has 3 N–H and O–H groups in total. The van der Waals surface area contributed by atoms with Gasteiger partial charge in [0.15, 0.2) is 0 Å². The summed E-state index contributed by atoms with van der Waals surface area (Å²) < 4.78 is 0. The Labute approximate surface area is 109 Å². The lowest BCUT2D eigenvalue weighted by molar-refractivity contribution is 0.201. The highest BCUT2D eigenvalue weighted by molar-refractivity contribution is 5.43. The van der Waals surface area contributed by atoms with Crippen LogP contribution in [0.5, 0.6) is 0 Å². The first-order valence-corrected chi connectivity index (χ1v) is 6.72. The van der Waals surface area contributed by atoms with Crippen LogP contribution in [-0.4, -0.2) is 40.5 Å². The highest BCUT2D eigenvalue weighted by Crippen LogP contribution is 2.18. The zero-order valence-corrected chi connectivity index (χ0v) is 11.3. The minimum atomic E-state index is 0.509. The van der Waals surface area contributed by atoms with Gasteiger partial charge in [0.25, 0.3) is 0 Å². The number of likely N-dealkylation sites (tertiary alicyclic amines) is 1. The summed E-state index contributed by atoms with van der Waals surface area (Å²) in [5, 5.41) is 3.37. The van der Waals surface area contributed by atoms with Gasteiger partial charge >= 0.3 is 0 Å². The van der Waals surface area contributed by atoms with Crippen LogP contribution in [-0.2, 0) is 0 Å². The zero-order chi connectivity index (χ0) is 13.0. The fourth-order valence-corrected chi connectivity index (χ4v) is 2.54. The van der Waals surface area contributed by atoms with Crippen molar-refractivity contribution in [3.05, 3.63) is 12.4 Å². The van der Waals surface area contributed by atoms with E-state index in [1.54, 1.807) is 6.07 Å². The van der Waals surface area contributed by atoms with E-state index in [2.05, 4.69) is 34.0 Å². The van der Waals surface area contributed by atoms with E-state index in [4.69, 9.17) is 5.73 Å². The number of nitrogens with one attached hydrogen (secondary N) is 1. The molecule has 1 aliphatic rings. The SMILES string of the molecule is CC(C)C(CNc1cc(N)ncn1)N1CCCC1. The quantitative estimate of drug-likeness (QED) is 0.829. The van der Waals surface area contributed by atoms with Gasteiger partial charge in [-0.3, -0.25) is 4.90 Å². The number of nitrogens with two attached hydrogens (primary N) is 1. The normalized spacial score (nSPS) is 18.2. The van der Waals surface area contributed by atoms with Gasteiger partial charge in [0, 0.05) is 18.7 Å². The fraction of sp³-hybridized carbons (Fsp3) is 0.692. The van der Waals surface area contributed by atoms with Crippen LogP contribution in [0.3, 0.4) is 0 Å². The molecule has 1 fully saturated rings. The van der Waals surface area contributed by atoms with E-state index in [-0.39, 0.29) is 0 Å². The molecule has 1 aromatic rings. The summed E-state index contributed by atoms with van der Waals surface area (Å²) in [4.78, 5) is 10.6. The Bertz CT molecular complexity index is 373. The van der Waals surface area contributed by atoms with Crippen molar-refractivity contribution >= 4 is 11.6 Å². The smallest absolute Gasteiger partial charge is 0.131 e. The molecule has 2 rings (SSSR count). The second-order valence-electron chi connectivity index (χ2n) is 5.26. The Morgan fingerprint density at radius 3 is 2.67 bits per heavy atom. The number of nitrogen functional groups attached to an aromatic ring is 1. The van der Waals surface area contributed by atoms with Gasteiger partial charge in [-0.2, -0.15) is 0 Å². The number of rotatable bonds is 5. The summed E-state index contributed by atoms with van der Waals surface area (Å²) in [5.74, 6) is 1.96. The maximum Gasteiger partial charge on any atom is 0.131 e. The van der Waals surface area contributed by atoms with Gasteiger partial charge in [-0.15, -0.1) is 0 Å². The molecule has 1 aliphatic heterocycles. The van der Waals surface area contributed by atoms with Crippen molar-refractivity contribution in [2.75, 3.05) is 30.7 Å². The molecule has 1 saturated heterocycles. The largest absolute Gasteiger partial charge is 0.384 e. The molecule has 0 amide bonds. The molecule has 0 spiro atoms. The minimum Gasteiger partial charge on any atom is -0.384 e. The van der Waals surface area contributed by atoms with Crippen LogP contribution >= 0.6 is 0 Å². The van der Waals surface area contributed by atoms with Gasteiger partial charge in [0.2, 0.25) is 0 Å². The van der Waals surface area contributed by atoms with Crippen molar-refractivity contribution in [1.82, 2.24) is 14.9 Å². The van der Waals surface area contributed by atoms with Crippen molar-refractivity contribution in [2.45, 2.75) is 32.7 Å². The standard InChI is InChI=1S/C13H23N5/c1-10(2)11(18-5-3-4-6-18)8-15-13-7-12(14)16-9-17-13/h7,9-11H,3-6,8H2,1-2H3,(H3,14,15,16,17). The highest BCUT2D eigenvalue weighted by Gasteiger charge is 2.24. The summed E-state index contributed by atoms with van der Waals surface area (Å²) in [5.41, 5.74) is 5.65. The monoisotopic (exact) mass is 249 g/mol. The van der Waals surface area contributed by atoms with E-state index in [0.29, 0.717) is 17.8 Å². The van der Waals surface area contributed by atoms with Crippen LogP contribution in [0.25, 0.3) is 0 Å². The predicted octanol–water partition coefficient (Wildman–Crippen LogP) is 1.59. The summed E-state index contributed by atoms with van der Waals surface area (Å²) >= 11 is 0. The van der Waals surface area contributed by atoms with Gasteiger partial charge in [0.1, 0.15) is 18.0 Å². The number of nitrogens with zero attached hydrogens (tertiary/aromatic N) is 3. The average molecular weight is 249 g/mol. The predicted molar refractivity (Wildman–Crippen MR) is 74.4 cm³/mol. The summed E-state index contributed by atoms with van der Waals surface area (Å²) in [7, 11) is 0. The molecule has 18 heavy (non-hydrogen) atoms. The molecule has 0 saturated carbocycles. The molecule has 1 aromatic heterocycles. The first-order chi connectivity index (χ1) is 8.66. The molecule has 0 bridgehead atoms. The number of hydrogen-bond acceptors (Lipinski definition) is 5. The minimum absolute atomic E-state index is 0.509. The summed E-state index contributed by atoms with van der Waals surface area (Å²) in [6, 6.07) is 2.34. The van der Waals surface area contributed by atoms with Gasteiger partial charge in [-0.05, 0) is 31.8 Å². The Morgan fingerprint density at radius 2 is 2.06 bits per heavy atom. The lowest BCUT2D eigenvalue weighted by Gasteiger charge is -2.31. The van der Waals surface area contributed by atoms with Crippen molar-refractivity contribution < 1.29 is 0 Å². The van der Waals surface area contributed by atoms with Crippen molar-refractivity contribution in [3.8, 4) is 0 Å². The molecular weight excluding hydrogens is 226 g/mol. The van der Waals surface area contributed by atoms with E-state index in [1.165, 1.54) is 32.3 Å². The van der Waals surface area contributed by atoms with Crippen molar-refractivity contribution in [1.29, 1.82) is 0 Å². The Balaban J connectivity index is 1.93. The second-order valence-corrected chi connectivity index (χ2v) is 5.26. The lowest BCUT2D eigenvalue weighted by Crippen LogP contribution is -2.42. The molecule has 5 nitrogen and oxygen atoms in total. The number of anilines is 2. The van der Waals surface area contributed by atoms with Crippen LogP contribution in [0.2, 0.25) is 0 Å². The summed E-state index contributed by atoms with van der Waals surface area (Å²) in [6.45, 7) is 7.90. The Morgan fingerprint density at radius 1 is 1.33 bits per heavy atom. The maximum absolute atomic E-state index is 5.65. The molecule has 2 heterocycles. The molecule has 0 aliphatic carbocycles. The molecule has 0 aromatic carbocycles. The molecule has 1 unspecified atom stereocenters. The van der Waals surface area contributed by atoms with Gasteiger partial charge in [0.05, 0.1) is 0 Å². The van der Waals surface area contributed by atoms with Crippen LogP contribution in [0, 0.1) is 5.92 Å². The fourth-order valence-electron chi connectivity index (χ4n) is 2.54. The van der Waals surface area contributed by atoms with Crippen molar-refractivity contribution in [2.24, 2.45) is 5.92 Å². The van der Waals surface area contributed by atoms with Crippen LogP contribution in [0.1, 0.15) is 26.7 Å². The first-order valence-electron chi connectivity index (χ1n) is 6.72. The van der Waals surface area contributed by atoms with Crippen molar-refractivity contribution in [3.63, 3.8) is 0 Å². The van der Waals surface area contributed by atoms with E-state index in [1.807, 2.05) is 0 Å². The van der Waals surface area contributed by atoms with Gasteiger partial charge < -0.3 is 11.1 Å². The van der Waals surface area contributed by atoms with E-state index in [9.17, 15) is 0 Å². The highest BCUT2D eigenvalue weighted by atomic mass is 15.2. The third-order valence-corrected chi connectivity index (χ3v) is 3.56. The lowest BCUT2D eigenvalue weighted by atomic mass is 10.0. The molecular formula is C13H23N5. The Kier molecular flexibility index (Phi) is 4.36. The molecule has 100 valence electrons. The molecule has 0 radical (unpaired) electrons. The van der Waals surface area contributed by atoms with Crippen LogP contribution < -0.4 is 11.1 Å². The van der Waals surface area contributed by atoms with Crippen LogP contribution in [0.4, 0.5) is 11.6 Å². The maximum atomic E-state index is 5.65. The van der Waals surface area contributed by atoms with E-state index < -0.39 is 0 Å². The molecule has 1 atom stereocenters. The van der Waals surface area contributed by atoms with E-state index >= 15 is 0 Å². The topological polar surface area (TPSA) is 67.1 Å². The summed E-state index contributed by atoms with van der Waals surface area (Å²) in [6.07, 6.45) is 4.14. The van der Waals surface area contributed by atoms with Gasteiger partial charge in [-0.1, -0.05) is 13.8 Å². The second kappa shape index (κ2) is 6.00. The van der Waals surface area contributed by atoms with E-state index in [0.717, 1.165) is 12.4 Å². The third-order valence-electron chi connectivity index (χ3n) is 3.56. The zero-order valence-electron chi connectivity index (χ0n) is 11.3. The third kappa shape index (κ3) is 3.32. The number of aromatic nitrogens is 2.